The molecule has 25 heavy (non-hydrogen) atoms. The largest absolute Gasteiger partial charge is 0.326 e. The molecule has 7 heteroatoms. The number of amides is 2. The van der Waals surface area contributed by atoms with Gasteiger partial charge in [-0.3, -0.25) is 14.4 Å². The average molecular weight is 336 g/mol. The molecule has 0 aliphatic carbocycles. The monoisotopic (exact) mass is 336 g/mol. The van der Waals surface area contributed by atoms with Gasteiger partial charge in [0.15, 0.2) is 0 Å². The first-order valence-corrected chi connectivity index (χ1v) is 7.65. The van der Waals surface area contributed by atoms with Crippen LogP contribution in [0.5, 0.6) is 0 Å². The Morgan fingerprint density at radius 1 is 1.00 bits per heavy atom. The summed E-state index contributed by atoms with van der Waals surface area (Å²) in [5, 5.41) is 10.6. The fraction of sp³-hybridized carbons (Fsp3) is 0.111. The highest BCUT2D eigenvalue weighted by molar-refractivity contribution is 5.92. The van der Waals surface area contributed by atoms with Crippen LogP contribution < -0.4 is 16.2 Å². The molecule has 0 spiro atoms. The van der Waals surface area contributed by atoms with Gasteiger partial charge in [-0.15, -0.1) is 0 Å². The Morgan fingerprint density at radius 2 is 1.64 bits per heavy atom. The summed E-state index contributed by atoms with van der Waals surface area (Å²) in [7, 11) is 0. The average Bonchev–Trinajstić information content (AvgIpc) is 2.59. The van der Waals surface area contributed by atoms with Crippen LogP contribution in [0, 0.1) is 0 Å². The maximum atomic E-state index is 12.3. The topological polar surface area (TPSA) is 93.1 Å². The third kappa shape index (κ3) is 3.89. The maximum Gasteiger partial charge on any atom is 0.275 e. The highest BCUT2D eigenvalue weighted by Crippen LogP contribution is 2.13. The van der Waals surface area contributed by atoms with Gasteiger partial charge in [0.1, 0.15) is 6.54 Å². The van der Waals surface area contributed by atoms with Crippen molar-refractivity contribution in [3.8, 4) is 0 Å². The Bertz CT molecular complexity index is 993. The molecule has 2 amide bonds. The molecule has 0 atom stereocenters. The molecule has 0 aliphatic heterocycles. The molecule has 7 nitrogen and oxygen atoms in total. The third-order valence-electron chi connectivity index (χ3n) is 3.54. The number of rotatable bonds is 4. The van der Waals surface area contributed by atoms with Crippen LogP contribution in [0.4, 0.5) is 11.4 Å². The van der Waals surface area contributed by atoms with Crippen LogP contribution >= 0.6 is 0 Å². The lowest BCUT2D eigenvalue weighted by Crippen LogP contribution is -2.29. The first-order valence-electron chi connectivity index (χ1n) is 7.65. The number of benzene rings is 2. The fourth-order valence-corrected chi connectivity index (χ4v) is 2.42. The van der Waals surface area contributed by atoms with Gasteiger partial charge in [0.25, 0.3) is 5.56 Å². The molecule has 2 N–H and O–H groups in total. The van der Waals surface area contributed by atoms with Crippen molar-refractivity contribution < 1.29 is 9.59 Å². The molecule has 0 saturated heterocycles. The number of anilines is 2. The number of nitrogens with one attached hydrogen (secondary N) is 2. The van der Waals surface area contributed by atoms with Crippen LogP contribution in [0.2, 0.25) is 0 Å². The summed E-state index contributed by atoms with van der Waals surface area (Å²) < 4.78 is 1.13. The van der Waals surface area contributed by atoms with Gasteiger partial charge in [-0.2, -0.15) is 5.10 Å². The summed E-state index contributed by atoms with van der Waals surface area (Å²) >= 11 is 0. The van der Waals surface area contributed by atoms with Crippen LogP contribution in [0.3, 0.4) is 0 Å². The Labute approximate surface area is 143 Å². The lowest BCUT2D eigenvalue weighted by atomic mass is 10.2. The van der Waals surface area contributed by atoms with E-state index in [0.29, 0.717) is 16.8 Å². The molecule has 3 rings (SSSR count). The van der Waals surface area contributed by atoms with Gasteiger partial charge in [0, 0.05) is 23.7 Å². The van der Waals surface area contributed by atoms with Gasteiger partial charge in [-0.1, -0.05) is 18.2 Å². The Hall–Kier alpha value is -3.48. The van der Waals surface area contributed by atoms with Crippen molar-refractivity contribution in [2.75, 3.05) is 10.6 Å². The van der Waals surface area contributed by atoms with Crippen LogP contribution in [0.1, 0.15) is 6.92 Å². The van der Waals surface area contributed by atoms with Crippen molar-refractivity contribution in [1.29, 1.82) is 0 Å². The molecule has 0 fully saturated rings. The molecule has 0 aliphatic rings. The number of hydrogen-bond acceptors (Lipinski definition) is 4. The van der Waals surface area contributed by atoms with E-state index >= 15 is 0 Å². The number of carbonyl (C=O) groups excluding carboxylic acids is 2. The highest BCUT2D eigenvalue weighted by atomic mass is 16.2. The van der Waals surface area contributed by atoms with Crippen LogP contribution in [-0.2, 0) is 16.1 Å². The molecule has 0 unspecified atom stereocenters. The zero-order valence-electron chi connectivity index (χ0n) is 13.5. The van der Waals surface area contributed by atoms with E-state index in [9.17, 15) is 14.4 Å². The van der Waals surface area contributed by atoms with Crippen molar-refractivity contribution in [3.05, 3.63) is 65.1 Å². The van der Waals surface area contributed by atoms with Gasteiger partial charge in [-0.05, 0) is 30.3 Å². The van der Waals surface area contributed by atoms with Crippen molar-refractivity contribution in [2.24, 2.45) is 0 Å². The number of nitrogens with zero attached hydrogens (tertiary/aromatic N) is 2. The van der Waals surface area contributed by atoms with E-state index in [1.165, 1.54) is 6.92 Å². The van der Waals surface area contributed by atoms with E-state index in [4.69, 9.17) is 0 Å². The highest BCUT2D eigenvalue weighted by Gasteiger charge is 2.09. The van der Waals surface area contributed by atoms with Crippen molar-refractivity contribution in [2.45, 2.75) is 13.5 Å². The summed E-state index contributed by atoms with van der Waals surface area (Å²) in [6.07, 6.45) is 1.56. The van der Waals surface area contributed by atoms with Gasteiger partial charge in [0.05, 0.1) is 11.6 Å². The standard InChI is InChI=1S/C18H16N4O3/c1-12(23)20-14-6-8-15(9-7-14)21-17(24)11-22-18(25)16-5-3-2-4-13(16)10-19-22/h2-10H,11H2,1H3,(H,20,23)(H,21,24). The molecule has 2 aromatic carbocycles. The van der Waals surface area contributed by atoms with Crippen LogP contribution in [0.25, 0.3) is 10.8 Å². The summed E-state index contributed by atoms with van der Waals surface area (Å²) in [5.74, 6) is -0.532. The summed E-state index contributed by atoms with van der Waals surface area (Å²) in [6.45, 7) is 1.24. The smallest absolute Gasteiger partial charge is 0.275 e. The first kappa shape index (κ1) is 16.4. The number of hydrogen-bond donors (Lipinski definition) is 2. The van der Waals surface area contributed by atoms with Gasteiger partial charge in [0.2, 0.25) is 11.8 Å². The first-order chi connectivity index (χ1) is 12.0. The summed E-state index contributed by atoms with van der Waals surface area (Å²) in [4.78, 5) is 35.5. The van der Waals surface area contributed by atoms with E-state index in [1.807, 2.05) is 6.07 Å². The van der Waals surface area contributed by atoms with Gasteiger partial charge >= 0.3 is 0 Å². The molecule has 126 valence electrons. The normalized spacial score (nSPS) is 10.4. The van der Waals surface area contributed by atoms with Crippen LogP contribution in [-0.4, -0.2) is 21.6 Å². The fourth-order valence-electron chi connectivity index (χ4n) is 2.42. The molecule has 0 radical (unpaired) electrons. The van der Waals surface area contributed by atoms with E-state index < -0.39 is 0 Å². The number of fused-ring (bicyclic) bond motifs is 1. The van der Waals surface area contributed by atoms with Crippen molar-refractivity contribution in [1.82, 2.24) is 9.78 Å². The minimum atomic E-state index is -0.364. The zero-order valence-corrected chi connectivity index (χ0v) is 13.5. The van der Waals surface area contributed by atoms with E-state index in [-0.39, 0.29) is 23.9 Å². The van der Waals surface area contributed by atoms with Crippen LogP contribution in [0.15, 0.2) is 59.5 Å². The molecule has 3 aromatic rings. The molecule has 0 saturated carbocycles. The van der Waals surface area contributed by atoms with Crippen molar-refractivity contribution in [3.63, 3.8) is 0 Å². The van der Waals surface area contributed by atoms with E-state index in [1.54, 1.807) is 48.7 Å². The summed E-state index contributed by atoms with van der Waals surface area (Å²) in [6, 6.07) is 13.8. The Balaban J connectivity index is 1.71. The molecular weight excluding hydrogens is 320 g/mol. The Kier molecular flexibility index (Phi) is 4.56. The Morgan fingerprint density at radius 3 is 2.32 bits per heavy atom. The predicted octanol–water partition coefficient (Wildman–Crippen LogP) is 1.99. The van der Waals surface area contributed by atoms with Gasteiger partial charge in [-0.25, -0.2) is 4.68 Å². The SMILES string of the molecule is CC(=O)Nc1ccc(NC(=O)Cn2ncc3ccccc3c2=O)cc1. The second-order valence-corrected chi connectivity index (χ2v) is 5.50. The molecular formula is C18H16N4O3. The van der Waals surface area contributed by atoms with Gasteiger partial charge < -0.3 is 10.6 Å². The molecule has 0 bridgehead atoms. The van der Waals surface area contributed by atoms with Crippen molar-refractivity contribution >= 4 is 34.0 Å². The zero-order chi connectivity index (χ0) is 17.8. The minimum Gasteiger partial charge on any atom is -0.326 e. The third-order valence-corrected chi connectivity index (χ3v) is 3.54. The molecule has 1 heterocycles. The summed E-state index contributed by atoms with van der Waals surface area (Å²) in [5.41, 5.74) is 0.889. The minimum absolute atomic E-state index is 0.168. The number of aromatic nitrogens is 2. The quantitative estimate of drug-likeness (QED) is 0.762. The lowest BCUT2D eigenvalue weighted by molar-refractivity contribution is -0.117. The van der Waals surface area contributed by atoms with E-state index in [0.717, 1.165) is 10.1 Å². The second-order valence-electron chi connectivity index (χ2n) is 5.50. The number of carbonyl (C=O) groups is 2. The molecule has 1 aromatic heterocycles. The predicted molar refractivity (Wildman–Crippen MR) is 95.4 cm³/mol. The van der Waals surface area contributed by atoms with E-state index in [2.05, 4.69) is 15.7 Å². The second kappa shape index (κ2) is 6.96. The lowest BCUT2D eigenvalue weighted by Gasteiger charge is -2.08. The maximum absolute atomic E-state index is 12.3.